The van der Waals surface area contributed by atoms with Gasteiger partial charge in [-0.05, 0) is 36.1 Å². The van der Waals surface area contributed by atoms with Gasteiger partial charge in [0.15, 0.2) is 0 Å². The van der Waals surface area contributed by atoms with Crippen LogP contribution in [-0.2, 0) is 12.8 Å². The summed E-state index contributed by atoms with van der Waals surface area (Å²) in [4.78, 5) is 11.9. The Morgan fingerprint density at radius 2 is 1.63 bits per heavy atom. The van der Waals surface area contributed by atoms with E-state index in [1.54, 1.807) is 30.4 Å². The zero-order chi connectivity index (χ0) is 14.3. The molecule has 3 nitrogen and oxygen atoms in total. The van der Waals surface area contributed by atoms with Crippen molar-refractivity contribution in [2.24, 2.45) is 0 Å². The molecule has 0 aromatic heterocycles. The predicted molar refractivity (Wildman–Crippen MR) is 78.4 cm³/mol. The maximum Gasteiger partial charge on any atom is 0.251 e. The van der Waals surface area contributed by atoms with Crippen LogP contribution in [0.5, 0.6) is 5.75 Å². The summed E-state index contributed by atoms with van der Waals surface area (Å²) in [5.41, 5.74) is 1.91. The molecule has 1 aromatic carbocycles. The third-order valence-corrected chi connectivity index (χ3v) is 2.67. The average molecular weight is 257 g/mol. The summed E-state index contributed by atoms with van der Waals surface area (Å²) in [6.07, 6.45) is 6.03. The molecule has 0 bridgehead atoms. The number of hydrogen-bond acceptors (Lipinski definition) is 2. The van der Waals surface area contributed by atoms with Crippen molar-refractivity contribution in [1.29, 1.82) is 0 Å². The minimum Gasteiger partial charge on any atom is -0.507 e. The fourth-order valence-corrected chi connectivity index (χ4v) is 1.78. The smallest absolute Gasteiger partial charge is 0.251 e. The second kappa shape index (κ2) is 7.21. The highest BCUT2D eigenvalue weighted by molar-refractivity contribution is 5.95. The molecule has 100 valence electrons. The van der Waals surface area contributed by atoms with Gasteiger partial charge in [0.1, 0.15) is 5.75 Å². The molecule has 0 heterocycles. The fourth-order valence-electron chi connectivity index (χ4n) is 1.78. The molecule has 0 aliphatic carbocycles. The zero-order valence-electron chi connectivity index (χ0n) is 11.0. The van der Waals surface area contributed by atoms with Gasteiger partial charge in [-0.15, -0.1) is 19.7 Å². The Morgan fingerprint density at radius 1 is 1.11 bits per heavy atom. The van der Waals surface area contributed by atoms with Crippen LogP contribution in [0.3, 0.4) is 0 Å². The van der Waals surface area contributed by atoms with E-state index in [4.69, 9.17) is 0 Å². The number of carbonyl (C=O) groups excluding carboxylic acids is 1. The Balaban J connectivity index is 3.16. The molecule has 2 N–H and O–H groups in total. The number of nitrogens with one attached hydrogen (secondary N) is 1. The van der Waals surface area contributed by atoms with Gasteiger partial charge >= 0.3 is 0 Å². The molecule has 0 radical (unpaired) electrons. The van der Waals surface area contributed by atoms with Crippen molar-refractivity contribution in [2.75, 3.05) is 6.54 Å². The highest BCUT2D eigenvalue weighted by Crippen LogP contribution is 2.26. The minimum atomic E-state index is -0.185. The topological polar surface area (TPSA) is 49.3 Å². The fraction of sp³-hybridized carbons (Fsp3) is 0.188. The highest BCUT2D eigenvalue weighted by atomic mass is 16.3. The Morgan fingerprint density at radius 3 is 2.05 bits per heavy atom. The van der Waals surface area contributed by atoms with Crippen LogP contribution in [0.15, 0.2) is 50.1 Å². The van der Waals surface area contributed by atoms with Crippen LogP contribution in [0, 0.1) is 0 Å². The molecule has 0 saturated heterocycles. The van der Waals surface area contributed by atoms with E-state index in [0.29, 0.717) is 36.1 Å². The number of allylic oxidation sites excluding steroid dienone is 2. The van der Waals surface area contributed by atoms with Gasteiger partial charge in [-0.2, -0.15) is 0 Å². The lowest BCUT2D eigenvalue weighted by molar-refractivity contribution is 0.0958. The van der Waals surface area contributed by atoms with E-state index in [9.17, 15) is 9.90 Å². The predicted octanol–water partition coefficient (Wildman–Crippen LogP) is 2.77. The molecule has 0 aliphatic rings. The first-order valence-corrected chi connectivity index (χ1v) is 6.09. The van der Waals surface area contributed by atoms with E-state index >= 15 is 0 Å². The summed E-state index contributed by atoms with van der Waals surface area (Å²) in [6, 6.07) is 3.37. The van der Waals surface area contributed by atoms with Gasteiger partial charge in [0.25, 0.3) is 5.91 Å². The normalized spacial score (nSPS) is 9.68. The van der Waals surface area contributed by atoms with E-state index in [2.05, 4.69) is 25.1 Å². The molecule has 1 amide bonds. The SMILES string of the molecule is C=CCNC(=O)c1cc(CC=C)c(O)c(CC=C)c1. The number of rotatable bonds is 7. The zero-order valence-corrected chi connectivity index (χ0v) is 11.0. The van der Waals surface area contributed by atoms with Crippen molar-refractivity contribution in [2.45, 2.75) is 12.8 Å². The summed E-state index contributed by atoms with van der Waals surface area (Å²) in [7, 11) is 0. The number of phenols is 1. The number of aromatic hydroxyl groups is 1. The lowest BCUT2D eigenvalue weighted by Crippen LogP contribution is -2.23. The van der Waals surface area contributed by atoms with Crippen molar-refractivity contribution < 1.29 is 9.90 Å². The van der Waals surface area contributed by atoms with Crippen LogP contribution in [0.25, 0.3) is 0 Å². The van der Waals surface area contributed by atoms with E-state index in [1.165, 1.54) is 0 Å². The lowest BCUT2D eigenvalue weighted by atomic mass is 9.99. The molecule has 0 unspecified atom stereocenters. The molecule has 1 rings (SSSR count). The van der Waals surface area contributed by atoms with Crippen LogP contribution in [-0.4, -0.2) is 17.6 Å². The molecular weight excluding hydrogens is 238 g/mol. The van der Waals surface area contributed by atoms with Crippen LogP contribution < -0.4 is 5.32 Å². The van der Waals surface area contributed by atoms with Gasteiger partial charge in [-0.3, -0.25) is 4.79 Å². The first-order valence-electron chi connectivity index (χ1n) is 6.09. The second-order valence-corrected chi connectivity index (χ2v) is 4.13. The van der Waals surface area contributed by atoms with Crippen LogP contribution >= 0.6 is 0 Å². The van der Waals surface area contributed by atoms with Crippen molar-refractivity contribution >= 4 is 5.91 Å². The van der Waals surface area contributed by atoms with E-state index in [1.807, 2.05) is 0 Å². The largest absolute Gasteiger partial charge is 0.507 e. The molecule has 0 fully saturated rings. The monoisotopic (exact) mass is 257 g/mol. The summed E-state index contributed by atoms with van der Waals surface area (Å²) in [5.74, 6) is 0.0237. The Hall–Kier alpha value is -2.29. The molecule has 0 aliphatic heterocycles. The molecule has 19 heavy (non-hydrogen) atoms. The van der Waals surface area contributed by atoms with Crippen LogP contribution in [0.4, 0.5) is 0 Å². The molecule has 0 saturated carbocycles. The maximum atomic E-state index is 11.9. The summed E-state index contributed by atoms with van der Waals surface area (Å²) in [6.45, 7) is 11.3. The lowest BCUT2D eigenvalue weighted by Gasteiger charge is -2.11. The van der Waals surface area contributed by atoms with Gasteiger partial charge < -0.3 is 10.4 Å². The van der Waals surface area contributed by atoms with E-state index in [0.717, 1.165) is 0 Å². The van der Waals surface area contributed by atoms with Gasteiger partial charge in [0.2, 0.25) is 0 Å². The van der Waals surface area contributed by atoms with Crippen LogP contribution in [0.2, 0.25) is 0 Å². The summed E-state index contributed by atoms with van der Waals surface area (Å²) in [5, 5.41) is 12.8. The van der Waals surface area contributed by atoms with Gasteiger partial charge in [-0.25, -0.2) is 0 Å². The average Bonchev–Trinajstić information content (AvgIpc) is 2.40. The third kappa shape index (κ3) is 3.85. The van der Waals surface area contributed by atoms with E-state index in [-0.39, 0.29) is 11.7 Å². The first-order chi connectivity index (χ1) is 9.13. The number of phenolic OH excluding ortho intramolecular Hbond substituents is 1. The van der Waals surface area contributed by atoms with Crippen LogP contribution in [0.1, 0.15) is 21.5 Å². The second-order valence-electron chi connectivity index (χ2n) is 4.13. The number of amides is 1. The quantitative estimate of drug-likeness (QED) is 0.738. The van der Waals surface area contributed by atoms with Gasteiger partial charge in [0, 0.05) is 12.1 Å². The Labute approximate surface area is 114 Å². The standard InChI is InChI=1S/C16H19NO2/c1-4-7-12-10-14(16(19)17-9-6-3)11-13(8-5-2)15(12)18/h4-6,10-11,18H,1-3,7-9H2,(H,17,19). The van der Waals surface area contributed by atoms with E-state index < -0.39 is 0 Å². The Kier molecular flexibility index (Phi) is 5.61. The molecular formula is C16H19NO2. The molecule has 0 spiro atoms. The van der Waals surface area contributed by atoms with Gasteiger partial charge in [0.05, 0.1) is 0 Å². The molecule has 1 aromatic rings. The summed E-state index contributed by atoms with van der Waals surface area (Å²) >= 11 is 0. The van der Waals surface area contributed by atoms with Gasteiger partial charge in [-0.1, -0.05) is 18.2 Å². The van der Waals surface area contributed by atoms with Crippen molar-refractivity contribution in [3.8, 4) is 5.75 Å². The number of benzene rings is 1. The number of hydrogen-bond donors (Lipinski definition) is 2. The number of carbonyl (C=O) groups is 1. The minimum absolute atomic E-state index is 0.185. The van der Waals surface area contributed by atoms with Crippen molar-refractivity contribution in [3.05, 3.63) is 66.8 Å². The maximum absolute atomic E-state index is 11.9. The van der Waals surface area contributed by atoms with Crippen molar-refractivity contribution in [1.82, 2.24) is 5.32 Å². The Bertz CT molecular complexity index is 472. The first kappa shape index (κ1) is 14.8. The highest BCUT2D eigenvalue weighted by Gasteiger charge is 2.12. The molecule has 0 atom stereocenters. The molecule has 3 heteroatoms. The third-order valence-electron chi connectivity index (χ3n) is 2.67. The van der Waals surface area contributed by atoms with Crippen molar-refractivity contribution in [3.63, 3.8) is 0 Å². The summed E-state index contributed by atoms with van der Waals surface area (Å²) < 4.78 is 0.